The molecule has 1 N–H and O–H groups in total. The molecule has 4 aromatic rings. The topological polar surface area (TPSA) is 65.6 Å². The van der Waals surface area contributed by atoms with E-state index in [2.05, 4.69) is 46.3 Å². The van der Waals surface area contributed by atoms with Gasteiger partial charge in [0.25, 0.3) is 10.0 Å². The first-order chi connectivity index (χ1) is 19.0. The van der Waals surface area contributed by atoms with Gasteiger partial charge in [-0.3, -0.25) is 9.21 Å². The molecule has 0 aliphatic carbocycles. The van der Waals surface area contributed by atoms with Crippen molar-refractivity contribution in [3.63, 3.8) is 0 Å². The highest BCUT2D eigenvalue weighted by atomic mass is 35.5. The molecule has 1 saturated heterocycles. The number of hydrogen-bond donors (Lipinski definition) is 1. The Balaban J connectivity index is 0.00000370. The Morgan fingerprint density at radius 1 is 0.925 bits per heavy atom. The Morgan fingerprint density at radius 2 is 1.65 bits per heavy atom. The Labute approximate surface area is 244 Å². The minimum absolute atomic E-state index is 0. The summed E-state index contributed by atoms with van der Waals surface area (Å²) in [4.78, 5) is 6.37. The van der Waals surface area contributed by atoms with E-state index in [0.717, 1.165) is 36.5 Å². The summed E-state index contributed by atoms with van der Waals surface area (Å²) in [6, 6.07) is 29.6. The number of nitrogens with one attached hydrogen (secondary N) is 1. The lowest BCUT2D eigenvalue weighted by molar-refractivity contribution is 0.190. The number of ether oxygens (including phenoxy) is 1. The second kappa shape index (κ2) is 13.4. The molecule has 1 fully saturated rings. The maximum absolute atomic E-state index is 13.7. The summed E-state index contributed by atoms with van der Waals surface area (Å²) in [5.74, 6) is 0.627. The van der Waals surface area contributed by atoms with Crippen LogP contribution in [-0.4, -0.2) is 38.5 Å². The third kappa shape index (κ3) is 6.38. The molecular weight excluding hydrogens is 542 g/mol. The molecule has 1 atom stereocenters. The SMILES string of the molecule is CCN(c1ccccc1)S(=O)(=O)c1ccc(OC)c(-c2ccc(CN3CCCCC[C@@H]3c3ccccc3)[nH]2)c1.Cl. The molecule has 0 bridgehead atoms. The second-order valence-corrected chi connectivity index (χ2v) is 11.9. The van der Waals surface area contributed by atoms with Gasteiger partial charge in [0.1, 0.15) is 5.75 Å². The molecule has 1 aliphatic rings. The summed E-state index contributed by atoms with van der Waals surface area (Å²) in [7, 11) is -2.15. The third-order valence-corrected chi connectivity index (χ3v) is 9.45. The smallest absolute Gasteiger partial charge is 0.264 e. The van der Waals surface area contributed by atoms with Crippen LogP contribution in [0.5, 0.6) is 5.75 Å². The molecule has 0 radical (unpaired) electrons. The highest BCUT2D eigenvalue weighted by molar-refractivity contribution is 7.92. The molecule has 5 rings (SSSR count). The number of likely N-dealkylation sites (tertiary alicyclic amines) is 1. The van der Waals surface area contributed by atoms with E-state index in [0.29, 0.717) is 24.0 Å². The average Bonchev–Trinajstić information content (AvgIpc) is 3.31. The number of aromatic nitrogens is 1. The number of anilines is 1. The zero-order valence-corrected chi connectivity index (χ0v) is 24.8. The first-order valence-electron chi connectivity index (χ1n) is 13.7. The standard InChI is InChI=1S/C32H37N3O3S.ClH/c1-3-35(27-15-9-5-10-16-27)39(36,37)28-19-21-32(38-2)29(23-28)30-20-18-26(33-30)24-34-22-12-6-11-17-31(34)25-13-7-4-8-14-25;/h4-5,7-10,13-16,18-21,23,31,33H,3,6,11-12,17,22,24H2,1-2H3;1H/t31-;/m1./s1. The van der Waals surface area contributed by atoms with Crippen molar-refractivity contribution in [2.75, 3.05) is 24.5 Å². The maximum Gasteiger partial charge on any atom is 0.264 e. The first-order valence-corrected chi connectivity index (χ1v) is 15.2. The quantitative estimate of drug-likeness (QED) is 0.224. The van der Waals surface area contributed by atoms with E-state index in [-0.39, 0.29) is 17.3 Å². The van der Waals surface area contributed by atoms with Gasteiger partial charge in [-0.2, -0.15) is 0 Å². The van der Waals surface area contributed by atoms with Gasteiger partial charge < -0.3 is 9.72 Å². The van der Waals surface area contributed by atoms with Crippen molar-refractivity contribution < 1.29 is 13.2 Å². The molecule has 40 heavy (non-hydrogen) atoms. The number of nitrogens with zero attached hydrogens (tertiary/aromatic N) is 2. The van der Waals surface area contributed by atoms with Crippen LogP contribution in [0.1, 0.15) is 49.9 Å². The van der Waals surface area contributed by atoms with Gasteiger partial charge in [0.2, 0.25) is 0 Å². The summed E-state index contributed by atoms with van der Waals surface area (Å²) in [5, 5.41) is 0. The van der Waals surface area contributed by atoms with Crippen molar-refractivity contribution in [1.82, 2.24) is 9.88 Å². The van der Waals surface area contributed by atoms with E-state index in [1.54, 1.807) is 25.3 Å². The molecular formula is C32H38ClN3O3S. The van der Waals surface area contributed by atoms with Crippen LogP contribution in [0.25, 0.3) is 11.3 Å². The molecule has 3 aromatic carbocycles. The summed E-state index contributed by atoms with van der Waals surface area (Å²) >= 11 is 0. The molecule has 2 heterocycles. The number of H-pyrrole nitrogens is 1. The fraction of sp³-hybridized carbons (Fsp3) is 0.312. The fourth-order valence-electron chi connectivity index (χ4n) is 5.59. The number of rotatable bonds is 9. The van der Waals surface area contributed by atoms with Crippen molar-refractivity contribution in [2.45, 2.75) is 50.1 Å². The van der Waals surface area contributed by atoms with E-state index >= 15 is 0 Å². The molecule has 0 spiro atoms. The first kappa shape index (κ1) is 29.7. The van der Waals surface area contributed by atoms with Gasteiger partial charge in [-0.1, -0.05) is 61.4 Å². The van der Waals surface area contributed by atoms with Crippen molar-refractivity contribution in [3.8, 4) is 17.0 Å². The van der Waals surface area contributed by atoms with Crippen LogP contribution in [-0.2, 0) is 16.6 Å². The predicted octanol–water partition coefficient (Wildman–Crippen LogP) is 7.44. The third-order valence-electron chi connectivity index (χ3n) is 7.55. The lowest BCUT2D eigenvalue weighted by Gasteiger charge is -2.30. The van der Waals surface area contributed by atoms with E-state index in [4.69, 9.17) is 4.74 Å². The van der Waals surface area contributed by atoms with Crippen LogP contribution in [0.4, 0.5) is 5.69 Å². The fourth-order valence-corrected chi connectivity index (χ4v) is 7.09. The lowest BCUT2D eigenvalue weighted by Crippen LogP contribution is -2.30. The Hall–Kier alpha value is -3.26. The predicted molar refractivity (Wildman–Crippen MR) is 165 cm³/mol. The Bertz CT molecular complexity index is 1480. The highest BCUT2D eigenvalue weighted by Gasteiger charge is 2.26. The van der Waals surface area contributed by atoms with Crippen molar-refractivity contribution in [1.29, 1.82) is 0 Å². The zero-order valence-electron chi connectivity index (χ0n) is 23.1. The molecule has 8 heteroatoms. The van der Waals surface area contributed by atoms with Crippen molar-refractivity contribution >= 4 is 28.1 Å². The highest BCUT2D eigenvalue weighted by Crippen LogP contribution is 2.35. The lowest BCUT2D eigenvalue weighted by atomic mass is 10.0. The minimum atomic E-state index is -3.76. The molecule has 0 unspecified atom stereocenters. The van der Waals surface area contributed by atoms with Gasteiger partial charge in [-0.25, -0.2) is 8.42 Å². The molecule has 0 saturated carbocycles. The average molecular weight is 580 g/mol. The van der Waals surface area contributed by atoms with E-state index in [1.807, 2.05) is 43.3 Å². The normalized spacial score (nSPS) is 16.1. The van der Waals surface area contributed by atoms with Gasteiger partial charge in [0, 0.05) is 36.1 Å². The summed E-state index contributed by atoms with van der Waals surface area (Å²) in [6.45, 7) is 4.03. The Kier molecular flexibility index (Phi) is 9.95. The van der Waals surface area contributed by atoms with Crippen LogP contribution in [0, 0.1) is 0 Å². The number of para-hydroxylation sites is 1. The van der Waals surface area contributed by atoms with Crippen molar-refractivity contribution in [2.24, 2.45) is 0 Å². The number of benzene rings is 3. The van der Waals surface area contributed by atoms with Gasteiger partial charge >= 0.3 is 0 Å². The van der Waals surface area contributed by atoms with Crippen LogP contribution in [0.15, 0.2) is 95.9 Å². The number of hydrogen-bond acceptors (Lipinski definition) is 4. The largest absolute Gasteiger partial charge is 0.496 e. The summed E-state index contributed by atoms with van der Waals surface area (Å²) in [6.07, 6.45) is 4.84. The summed E-state index contributed by atoms with van der Waals surface area (Å²) < 4.78 is 34.5. The molecule has 1 aliphatic heterocycles. The number of methoxy groups -OCH3 is 1. The zero-order chi connectivity index (χ0) is 27.2. The van der Waals surface area contributed by atoms with Crippen LogP contribution < -0.4 is 9.04 Å². The minimum Gasteiger partial charge on any atom is -0.496 e. The van der Waals surface area contributed by atoms with Gasteiger partial charge in [0.05, 0.1) is 17.7 Å². The van der Waals surface area contributed by atoms with Crippen LogP contribution in [0.2, 0.25) is 0 Å². The van der Waals surface area contributed by atoms with Crippen LogP contribution in [0.3, 0.4) is 0 Å². The number of halogens is 1. The van der Waals surface area contributed by atoms with Gasteiger partial charge in [0.15, 0.2) is 0 Å². The molecule has 1 aromatic heterocycles. The maximum atomic E-state index is 13.7. The molecule has 0 amide bonds. The van der Waals surface area contributed by atoms with Crippen molar-refractivity contribution in [3.05, 3.63) is 102 Å². The number of sulfonamides is 1. The van der Waals surface area contributed by atoms with Gasteiger partial charge in [-0.15, -0.1) is 12.4 Å². The number of aromatic amines is 1. The molecule has 6 nitrogen and oxygen atoms in total. The van der Waals surface area contributed by atoms with Gasteiger partial charge in [-0.05, 0) is 74.3 Å². The Morgan fingerprint density at radius 3 is 2.35 bits per heavy atom. The molecule has 212 valence electrons. The van der Waals surface area contributed by atoms with E-state index < -0.39 is 10.0 Å². The summed E-state index contributed by atoms with van der Waals surface area (Å²) in [5.41, 5.74) is 4.68. The van der Waals surface area contributed by atoms with E-state index in [1.165, 1.54) is 29.1 Å². The van der Waals surface area contributed by atoms with E-state index in [9.17, 15) is 8.42 Å². The van der Waals surface area contributed by atoms with Crippen LogP contribution >= 0.6 is 12.4 Å². The second-order valence-electron chi connectivity index (χ2n) is 10.0. The monoisotopic (exact) mass is 579 g/mol.